The number of halogens is 3. The summed E-state index contributed by atoms with van der Waals surface area (Å²) < 4.78 is 2.27. The molecule has 0 aromatic carbocycles. The molecule has 2 aromatic rings. The van der Waals surface area contributed by atoms with Gasteiger partial charge in [-0.1, -0.05) is 0 Å². The molecule has 20 heavy (non-hydrogen) atoms. The molecule has 1 fully saturated rings. The Kier molecular flexibility index (Phi) is 6.31. The summed E-state index contributed by atoms with van der Waals surface area (Å²) in [6.45, 7) is 1.03. The molecule has 1 aliphatic carbocycles. The van der Waals surface area contributed by atoms with Gasteiger partial charge in [-0.2, -0.15) is 0 Å². The van der Waals surface area contributed by atoms with E-state index in [1.54, 1.807) is 24.8 Å². The molecule has 2 heterocycles. The Morgan fingerprint density at radius 1 is 0.900 bits per heavy atom. The van der Waals surface area contributed by atoms with Gasteiger partial charge in [0, 0.05) is 6.54 Å². The molecular weight excluding hydrogens is 454 g/mol. The fourth-order valence-corrected chi connectivity index (χ4v) is 2.48. The zero-order valence-corrected chi connectivity index (χ0v) is 15.2. The second-order valence-electron chi connectivity index (χ2n) is 4.22. The van der Waals surface area contributed by atoms with E-state index in [0.717, 1.165) is 32.1 Å². The van der Waals surface area contributed by atoms with E-state index in [0.29, 0.717) is 0 Å². The van der Waals surface area contributed by atoms with Crippen molar-refractivity contribution in [3.05, 3.63) is 38.6 Å². The Bertz CT molecular complexity index is 545. The minimum absolute atomic E-state index is 0.742. The average molecular weight is 466 g/mol. The lowest BCUT2D eigenvalue weighted by molar-refractivity contribution is 0.879. The van der Waals surface area contributed by atoms with Gasteiger partial charge in [-0.3, -0.25) is 9.97 Å². The van der Waals surface area contributed by atoms with E-state index in [-0.39, 0.29) is 0 Å². The van der Waals surface area contributed by atoms with Gasteiger partial charge in [0.25, 0.3) is 0 Å². The molecule has 0 unspecified atom stereocenters. The van der Waals surface area contributed by atoms with Crippen LogP contribution in [0.4, 0.5) is 5.82 Å². The molecule has 1 aliphatic rings. The highest BCUT2D eigenvalue weighted by atomic mass is 79.9. The van der Waals surface area contributed by atoms with Crippen LogP contribution in [0.2, 0.25) is 0 Å². The molecule has 1 N–H and O–H groups in total. The summed E-state index contributed by atoms with van der Waals surface area (Å²) in [4.78, 5) is 16.0. The third-order valence-corrected chi connectivity index (χ3v) is 3.60. The van der Waals surface area contributed by atoms with Crippen LogP contribution in [-0.4, -0.2) is 26.5 Å². The average Bonchev–Trinajstić information content (AvgIpc) is 3.21. The number of anilines is 1. The third kappa shape index (κ3) is 6.23. The van der Waals surface area contributed by atoms with Crippen molar-refractivity contribution in [2.24, 2.45) is 5.92 Å². The Morgan fingerprint density at radius 2 is 1.45 bits per heavy atom. The van der Waals surface area contributed by atoms with Crippen LogP contribution < -0.4 is 5.32 Å². The fraction of sp³-hybridized carbons (Fsp3) is 0.333. The van der Waals surface area contributed by atoms with Gasteiger partial charge < -0.3 is 5.32 Å². The van der Waals surface area contributed by atoms with Gasteiger partial charge in [0.2, 0.25) is 0 Å². The SMILES string of the molecule is Brc1cncc(Br)n1.Brc1cncc(NCC2CC2)n1. The van der Waals surface area contributed by atoms with Crippen LogP contribution in [0.3, 0.4) is 0 Å². The van der Waals surface area contributed by atoms with Gasteiger partial charge in [-0.05, 0) is 66.5 Å². The molecule has 106 valence electrons. The molecule has 0 aliphatic heterocycles. The molecule has 3 rings (SSSR count). The van der Waals surface area contributed by atoms with Gasteiger partial charge >= 0.3 is 0 Å². The smallest absolute Gasteiger partial charge is 0.145 e. The lowest BCUT2D eigenvalue weighted by Gasteiger charge is -2.02. The van der Waals surface area contributed by atoms with Crippen molar-refractivity contribution in [2.45, 2.75) is 12.8 Å². The van der Waals surface area contributed by atoms with Gasteiger partial charge in [0.05, 0.1) is 24.8 Å². The molecule has 2 aromatic heterocycles. The summed E-state index contributed by atoms with van der Waals surface area (Å²) >= 11 is 9.59. The van der Waals surface area contributed by atoms with Crippen molar-refractivity contribution in [2.75, 3.05) is 11.9 Å². The number of nitrogens with one attached hydrogen (secondary N) is 1. The first-order chi connectivity index (χ1) is 9.63. The predicted molar refractivity (Wildman–Crippen MR) is 88.4 cm³/mol. The van der Waals surface area contributed by atoms with E-state index < -0.39 is 0 Å². The second kappa shape index (κ2) is 7.99. The van der Waals surface area contributed by atoms with Crippen molar-refractivity contribution >= 4 is 53.6 Å². The lowest BCUT2D eigenvalue weighted by atomic mass is 10.4. The zero-order chi connectivity index (χ0) is 14.4. The largest absolute Gasteiger partial charge is 0.368 e. The van der Waals surface area contributed by atoms with E-state index in [9.17, 15) is 0 Å². The molecule has 1 saturated carbocycles. The Hall–Kier alpha value is -0.600. The van der Waals surface area contributed by atoms with Gasteiger partial charge in [-0.25, -0.2) is 9.97 Å². The fourth-order valence-electron chi connectivity index (χ4n) is 1.32. The molecule has 0 radical (unpaired) electrons. The minimum Gasteiger partial charge on any atom is -0.368 e. The summed E-state index contributed by atoms with van der Waals surface area (Å²) in [5.74, 6) is 1.72. The molecule has 0 saturated heterocycles. The highest BCUT2D eigenvalue weighted by Crippen LogP contribution is 2.28. The van der Waals surface area contributed by atoms with Crippen molar-refractivity contribution in [1.82, 2.24) is 19.9 Å². The normalized spacial score (nSPS) is 13.3. The maximum absolute atomic E-state index is 4.22. The zero-order valence-electron chi connectivity index (χ0n) is 10.4. The molecular formula is C12H12Br3N5. The number of hydrogen-bond acceptors (Lipinski definition) is 5. The minimum atomic E-state index is 0.742. The van der Waals surface area contributed by atoms with Crippen LogP contribution in [-0.2, 0) is 0 Å². The highest BCUT2D eigenvalue weighted by Gasteiger charge is 2.20. The van der Waals surface area contributed by atoms with Gasteiger partial charge in [0.15, 0.2) is 0 Å². The van der Waals surface area contributed by atoms with Crippen LogP contribution in [0.15, 0.2) is 38.6 Å². The summed E-state index contributed by atoms with van der Waals surface area (Å²) in [6, 6.07) is 0. The Balaban J connectivity index is 0.000000160. The van der Waals surface area contributed by atoms with Gasteiger partial charge in [0.1, 0.15) is 19.6 Å². The van der Waals surface area contributed by atoms with Crippen LogP contribution in [0.1, 0.15) is 12.8 Å². The topological polar surface area (TPSA) is 63.6 Å². The summed E-state index contributed by atoms with van der Waals surface area (Å²) in [5.41, 5.74) is 0. The molecule has 0 atom stereocenters. The highest BCUT2D eigenvalue weighted by molar-refractivity contribution is 9.11. The van der Waals surface area contributed by atoms with Crippen molar-refractivity contribution in [3.8, 4) is 0 Å². The van der Waals surface area contributed by atoms with Crippen LogP contribution in [0.5, 0.6) is 0 Å². The maximum Gasteiger partial charge on any atom is 0.145 e. The summed E-state index contributed by atoms with van der Waals surface area (Å²) in [7, 11) is 0. The Morgan fingerprint density at radius 3 is 1.90 bits per heavy atom. The third-order valence-electron chi connectivity index (χ3n) is 2.45. The molecule has 0 spiro atoms. The van der Waals surface area contributed by atoms with Crippen LogP contribution in [0.25, 0.3) is 0 Å². The van der Waals surface area contributed by atoms with Crippen molar-refractivity contribution < 1.29 is 0 Å². The molecule has 8 heteroatoms. The monoisotopic (exact) mass is 463 g/mol. The van der Waals surface area contributed by atoms with Crippen LogP contribution in [0, 0.1) is 5.92 Å². The van der Waals surface area contributed by atoms with E-state index >= 15 is 0 Å². The van der Waals surface area contributed by atoms with Crippen molar-refractivity contribution in [1.29, 1.82) is 0 Å². The lowest BCUT2D eigenvalue weighted by Crippen LogP contribution is -2.05. The number of aromatic nitrogens is 4. The maximum atomic E-state index is 4.22. The molecule has 0 bridgehead atoms. The first-order valence-corrected chi connectivity index (χ1v) is 8.36. The van der Waals surface area contributed by atoms with E-state index in [2.05, 4.69) is 73.0 Å². The summed E-state index contributed by atoms with van der Waals surface area (Å²) in [6.07, 6.45) is 9.40. The number of hydrogen-bond donors (Lipinski definition) is 1. The first kappa shape index (κ1) is 15.8. The van der Waals surface area contributed by atoms with Crippen molar-refractivity contribution in [3.63, 3.8) is 0 Å². The quantitative estimate of drug-likeness (QED) is 0.740. The van der Waals surface area contributed by atoms with E-state index in [1.165, 1.54) is 12.8 Å². The Labute approximate surface area is 142 Å². The van der Waals surface area contributed by atoms with Gasteiger partial charge in [-0.15, -0.1) is 0 Å². The van der Waals surface area contributed by atoms with E-state index in [1.807, 2.05) is 0 Å². The summed E-state index contributed by atoms with van der Waals surface area (Å²) in [5, 5.41) is 3.24. The molecule has 5 nitrogen and oxygen atoms in total. The van der Waals surface area contributed by atoms with E-state index in [4.69, 9.17) is 0 Å². The predicted octanol–water partition coefficient (Wildman–Crippen LogP) is 4.06. The standard InChI is InChI=1S/C8H10BrN3.C4H2Br2N2/c9-7-4-10-5-8(12-7)11-3-6-1-2-6;5-3-1-7-2-4(6)8-3/h4-6H,1-3H2,(H,11,12);1-2H. The number of nitrogens with zero attached hydrogens (tertiary/aromatic N) is 4. The number of rotatable bonds is 3. The molecule has 0 amide bonds. The van der Waals surface area contributed by atoms with Crippen LogP contribution >= 0.6 is 47.8 Å². The first-order valence-electron chi connectivity index (χ1n) is 5.98. The second-order valence-corrected chi connectivity index (χ2v) is 6.65.